The zero-order valence-electron chi connectivity index (χ0n) is 12.5. The van der Waals surface area contributed by atoms with Gasteiger partial charge in [-0.1, -0.05) is 35.4 Å². The number of fused-ring (bicyclic) bond motifs is 1. The molecule has 0 aromatic heterocycles. The lowest BCUT2D eigenvalue weighted by atomic mass is 10.1. The lowest BCUT2D eigenvalue weighted by molar-refractivity contribution is 0.0950. The minimum Gasteiger partial charge on any atom is -0.348 e. The highest BCUT2D eigenvalue weighted by molar-refractivity contribution is 5.94. The summed E-state index contributed by atoms with van der Waals surface area (Å²) in [4.78, 5) is 12.2. The second kappa shape index (κ2) is 5.70. The summed E-state index contributed by atoms with van der Waals surface area (Å²) in [6.45, 7) is 6.46. The highest BCUT2D eigenvalue weighted by Gasteiger charge is 2.11. The smallest absolute Gasteiger partial charge is 0.251 e. The summed E-state index contributed by atoms with van der Waals surface area (Å²) >= 11 is 0. The lowest BCUT2D eigenvalue weighted by Gasteiger charge is -2.08. The van der Waals surface area contributed by atoms with Gasteiger partial charge in [0.25, 0.3) is 5.91 Å². The first-order valence-corrected chi connectivity index (χ1v) is 7.30. The van der Waals surface area contributed by atoms with Crippen molar-refractivity contribution >= 4 is 5.91 Å². The fourth-order valence-electron chi connectivity index (χ4n) is 2.85. The number of amides is 1. The van der Waals surface area contributed by atoms with E-state index in [1.165, 1.54) is 11.1 Å². The van der Waals surface area contributed by atoms with E-state index in [1.54, 1.807) is 0 Å². The number of hydrogen-bond acceptors (Lipinski definition) is 2. The van der Waals surface area contributed by atoms with Crippen LogP contribution in [0.1, 0.15) is 38.2 Å². The number of carbonyl (C=O) groups excluding carboxylic acids is 1. The van der Waals surface area contributed by atoms with Crippen LogP contribution in [0.15, 0.2) is 36.4 Å². The summed E-state index contributed by atoms with van der Waals surface area (Å²) in [6.07, 6.45) is 0. The van der Waals surface area contributed by atoms with Crippen LogP contribution < -0.4 is 10.6 Å². The van der Waals surface area contributed by atoms with E-state index in [1.807, 2.05) is 26.0 Å². The van der Waals surface area contributed by atoms with E-state index < -0.39 is 0 Å². The highest BCUT2D eigenvalue weighted by Crippen LogP contribution is 2.17. The first kappa shape index (κ1) is 13.8. The molecular formula is C18H20N2O. The van der Waals surface area contributed by atoms with Crippen molar-refractivity contribution in [1.82, 2.24) is 10.6 Å². The van der Waals surface area contributed by atoms with Gasteiger partial charge in [-0.15, -0.1) is 0 Å². The van der Waals surface area contributed by atoms with Crippen LogP contribution in [0.5, 0.6) is 0 Å². The summed E-state index contributed by atoms with van der Waals surface area (Å²) in [5.74, 6) is -0.0135. The maximum atomic E-state index is 12.2. The molecule has 3 rings (SSSR count). The second-order valence-corrected chi connectivity index (χ2v) is 5.77. The summed E-state index contributed by atoms with van der Waals surface area (Å²) in [5, 5.41) is 6.33. The summed E-state index contributed by atoms with van der Waals surface area (Å²) in [7, 11) is 0. The van der Waals surface area contributed by atoms with Crippen molar-refractivity contribution in [2.24, 2.45) is 0 Å². The van der Waals surface area contributed by atoms with E-state index in [9.17, 15) is 4.79 Å². The molecule has 3 heteroatoms. The molecule has 2 aromatic carbocycles. The molecule has 1 aliphatic rings. The monoisotopic (exact) mass is 280 g/mol. The van der Waals surface area contributed by atoms with E-state index in [0.717, 1.165) is 35.3 Å². The Morgan fingerprint density at radius 2 is 1.76 bits per heavy atom. The molecule has 0 spiro atoms. The zero-order valence-corrected chi connectivity index (χ0v) is 12.5. The number of rotatable bonds is 3. The van der Waals surface area contributed by atoms with Gasteiger partial charge in [-0.25, -0.2) is 0 Å². The first-order chi connectivity index (χ1) is 10.1. The van der Waals surface area contributed by atoms with Crippen LogP contribution in [0.4, 0.5) is 0 Å². The van der Waals surface area contributed by atoms with Gasteiger partial charge in [0.05, 0.1) is 0 Å². The molecule has 108 valence electrons. The van der Waals surface area contributed by atoms with Crippen LogP contribution in [-0.2, 0) is 19.6 Å². The molecule has 21 heavy (non-hydrogen) atoms. The first-order valence-electron chi connectivity index (χ1n) is 7.30. The average molecular weight is 280 g/mol. The van der Waals surface area contributed by atoms with Crippen molar-refractivity contribution in [1.29, 1.82) is 0 Å². The Labute approximate surface area is 125 Å². The zero-order chi connectivity index (χ0) is 14.8. The molecule has 1 amide bonds. The Bertz CT molecular complexity index is 671. The van der Waals surface area contributed by atoms with Gasteiger partial charge in [-0.2, -0.15) is 0 Å². The van der Waals surface area contributed by atoms with Gasteiger partial charge in [0.1, 0.15) is 0 Å². The predicted molar refractivity (Wildman–Crippen MR) is 84.1 cm³/mol. The summed E-state index contributed by atoms with van der Waals surface area (Å²) < 4.78 is 0. The summed E-state index contributed by atoms with van der Waals surface area (Å²) in [5.41, 5.74) is 6.81. The van der Waals surface area contributed by atoms with Crippen LogP contribution in [-0.4, -0.2) is 5.91 Å². The molecule has 0 saturated carbocycles. The second-order valence-electron chi connectivity index (χ2n) is 5.77. The van der Waals surface area contributed by atoms with Gasteiger partial charge < -0.3 is 10.6 Å². The molecule has 3 nitrogen and oxygen atoms in total. The predicted octanol–water partition coefficient (Wildman–Crippen LogP) is 2.84. The number of benzene rings is 2. The molecule has 1 aliphatic heterocycles. The maximum Gasteiger partial charge on any atom is 0.251 e. The van der Waals surface area contributed by atoms with Crippen LogP contribution >= 0.6 is 0 Å². The van der Waals surface area contributed by atoms with E-state index in [0.29, 0.717) is 6.54 Å². The highest BCUT2D eigenvalue weighted by atomic mass is 16.1. The minimum atomic E-state index is -0.0135. The Kier molecular flexibility index (Phi) is 3.76. The van der Waals surface area contributed by atoms with Crippen LogP contribution in [0.2, 0.25) is 0 Å². The SMILES string of the molecule is Cc1cc(C)cc(C(=O)NCc2ccc3c(c2)CNC3)c1. The number of hydrogen-bond donors (Lipinski definition) is 2. The third-order valence-electron chi connectivity index (χ3n) is 3.84. The van der Waals surface area contributed by atoms with Crippen molar-refractivity contribution in [3.8, 4) is 0 Å². The molecule has 2 N–H and O–H groups in total. The lowest BCUT2D eigenvalue weighted by Crippen LogP contribution is -2.23. The van der Waals surface area contributed by atoms with Crippen LogP contribution in [0.3, 0.4) is 0 Å². The van der Waals surface area contributed by atoms with Crippen LogP contribution in [0, 0.1) is 13.8 Å². The number of carbonyl (C=O) groups is 1. The van der Waals surface area contributed by atoms with Crippen molar-refractivity contribution in [3.05, 3.63) is 69.8 Å². The van der Waals surface area contributed by atoms with Crippen molar-refractivity contribution in [2.45, 2.75) is 33.5 Å². The van der Waals surface area contributed by atoms with E-state index in [-0.39, 0.29) is 5.91 Å². The number of nitrogens with one attached hydrogen (secondary N) is 2. The Morgan fingerprint density at radius 1 is 1.05 bits per heavy atom. The van der Waals surface area contributed by atoms with Gasteiger partial charge in [0, 0.05) is 25.2 Å². The quantitative estimate of drug-likeness (QED) is 0.907. The molecular weight excluding hydrogens is 260 g/mol. The van der Waals surface area contributed by atoms with Crippen LogP contribution in [0.25, 0.3) is 0 Å². The van der Waals surface area contributed by atoms with E-state index in [2.05, 4.69) is 34.9 Å². The molecule has 2 aromatic rings. The van der Waals surface area contributed by atoms with Gasteiger partial charge in [0.15, 0.2) is 0 Å². The average Bonchev–Trinajstić information content (AvgIpc) is 2.91. The topological polar surface area (TPSA) is 41.1 Å². The molecule has 0 aliphatic carbocycles. The van der Waals surface area contributed by atoms with Crippen molar-refractivity contribution in [3.63, 3.8) is 0 Å². The number of aryl methyl sites for hydroxylation is 2. The third-order valence-corrected chi connectivity index (χ3v) is 3.84. The molecule has 0 fully saturated rings. The molecule has 0 saturated heterocycles. The molecule has 0 atom stereocenters. The Hall–Kier alpha value is -2.13. The summed E-state index contributed by atoms with van der Waals surface area (Å²) in [6, 6.07) is 12.3. The van der Waals surface area contributed by atoms with Crippen molar-refractivity contribution < 1.29 is 4.79 Å². The Balaban J connectivity index is 1.68. The van der Waals surface area contributed by atoms with Gasteiger partial charge in [0.2, 0.25) is 0 Å². The normalized spacial score (nSPS) is 13.0. The maximum absolute atomic E-state index is 12.2. The minimum absolute atomic E-state index is 0.0135. The van der Waals surface area contributed by atoms with Crippen molar-refractivity contribution in [2.75, 3.05) is 0 Å². The third kappa shape index (κ3) is 3.14. The largest absolute Gasteiger partial charge is 0.348 e. The van der Waals surface area contributed by atoms with Gasteiger partial charge in [-0.3, -0.25) is 4.79 Å². The van der Waals surface area contributed by atoms with Gasteiger partial charge >= 0.3 is 0 Å². The standard InChI is InChI=1S/C18H20N2O/c1-12-5-13(2)7-16(6-12)18(21)20-9-14-3-4-15-10-19-11-17(15)8-14/h3-8,19H,9-11H2,1-2H3,(H,20,21). The fraction of sp³-hybridized carbons (Fsp3) is 0.278. The Morgan fingerprint density at radius 3 is 2.52 bits per heavy atom. The molecule has 0 radical (unpaired) electrons. The fourth-order valence-corrected chi connectivity index (χ4v) is 2.85. The van der Waals surface area contributed by atoms with Gasteiger partial charge in [-0.05, 0) is 42.7 Å². The van der Waals surface area contributed by atoms with E-state index in [4.69, 9.17) is 0 Å². The molecule has 1 heterocycles. The molecule has 0 bridgehead atoms. The molecule has 0 unspecified atom stereocenters. The van der Waals surface area contributed by atoms with E-state index >= 15 is 0 Å².